The second kappa shape index (κ2) is 11.1. The van der Waals surface area contributed by atoms with E-state index in [1.54, 1.807) is 25.1 Å². The number of hydrogen-bond acceptors (Lipinski definition) is 6. The molecule has 5 rings (SSSR count). The number of benzene rings is 2. The molecule has 2 heterocycles. The number of anilines is 2. The summed E-state index contributed by atoms with van der Waals surface area (Å²) in [5.74, 6) is -0.924. The van der Waals surface area contributed by atoms with E-state index in [2.05, 4.69) is 15.3 Å². The molecule has 39 heavy (non-hydrogen) atoms. The van der Waals surface area contributed by atoms with Gasteiger partial charge in [0.1, 0.15) is 23.4 Å². The third-order valence-corrected chi connectivity index (χ3v) is 6.27. The van der Waals surface area contributed by atoms with Gasteiger partial charge in [-0.3, -0.25) is 4.79 Å². The van der Waals surface area contributed by atoms with Crippen LogP contribution in [0.3, 0.4) is 0 Å². The number of hydrogen-bond donors (Lipinski definition) is 3. The van der Waals surface area contributed by atoms with E-state index >= 15 is 0 Å². The number of aromatic nitrogens is 3. The zero-order valence-electron chi connectivity index (χ0n) is 21.2. The van der Waals surface area contributed by atoms with Gasteiger partial charge >= 0.3 is 6.18 Å². The quantitative estimate of drug-likeness (QED) is 0.228. The molecule has 0 saturated carbocycles. The molecular formula is C27H26F4N6O2. The van der Waals surface area contributed by atoms with E-state index in [0.29, 0.717) is 40.8 Å². The molecule has 2 aromatic carbocycles. The Kier molecular flexibility index (Phi) is 7.84. The van der Waals surface area contributed by atoms with Crippen LogP contribution < -0.4 is 15.8 Å². The lowest BCUT2D eigenvalue weighted by molar-refractivity contribution is -0.137. The minimum Gasteiger partial charge on any atom is -0.496 e. The molecule has 0 bridgehead atoms. The number of amides is 1. The monoisotopic (exact) mass is 542 g/mol. The molecule has 1 amide bonds. The highest BCUT2D eigenvalue weighted by Crippen LogP contribution is 2.37. The third-order valence-electron chi connectivity index (χ3n) is 6.27. The number of carbonyl (C=O) groups is 1. The van der Waals surface area contributed by atoms with Gasteiger partial charge in [0.15, 0.2) is 5.82 Å². The van der Waals surface area contributed by atoms with Crippen molar-refractivity contribution in [3.8, 4) is 11.4 Å². The average molecular weight is 543 g/mol. The van der Waals surface area contributed by atoms with Crippen molar-refractivity contribution in [1.82, 2.24) is 14.5 Å². The van der Waals surface area contributed by atoms with Crippen LogP contribution in [-0.2, 0) is 30.2 Å². The molecule has 0 unspecified atom stereocenters. The van der Waals surface area contributed by atoms with Crippen molar-refractivity contribution in [2.45, 2.75) is 38.8 Å². The van der Waals surface area contributed by atoms with E-state index in [9.17, 15) is 22.4 Å². The molecule has 1 aliphatic rings. The summed E-state index contributed by atoms with van der Waals surface area (Å²) >= 11 is 0. The molecule has 204 valence electrons. The molecule has 2 aromatic heterocycles. The van der Waals surface area contributed by atoms with Gasteiger partial charge in [-0.1, -0.05) is 6.07 Å². The number of nitrogens with zero attached hydrogens (tertiary/aromatic N) is 3. The first-order chi connectivity index (χ1) is 18.6. The summed E-state index contributed by atoms with van der Waals surface area (Å²) in [7, 11) is 1.45. The minimum atomic E-state index is -4.66. The van der Waals surface area contributed by atoms with Crippen molar-refractivity contribution in [3.63, 3.8) is 0 Å². The standard InChI is InChI=1S/C25H21F4N5O2.C2H5N/c1-36-20-11-15(34-19-4-2-3-16(19)22-23(34)24(30)32-12-31-22)7-5-13(20)9-21(35)33-18-10-14(25(27,28)29)6-8-17(18)26;1-2-3/h5-8,10-12H,2-4,9H2,1H3,(H,33,35)(H2,30,31,32);2-3H,1H3. The smallest absolute Gasteiger partial charge is 0.416 e. The lowest BCUT2D eigenvalue weighted by atomic mass is 10.1. The second-order valence-electron chi connectivity index (χ2n) is 8.77. The molecule has 4 N–H and O–H groups in total. The Morgan fingerprint density at radius 3 is 2.64 bits per heavy atom. The van der Waals surface area contributed by atoms with Crippen LogP contribution >= 0.6 is 0 Å². The summed E-state index contributed by atoms with van der Waals surface area (Å²) in [6.45, 7) is 1.67. The van der Waals surface area contributed by atoms with E-state index in [1.807, 2.05) is 4.57 Å². The largest absolute Gasteiger partial charge is 0.496 e. The fourth-order valence-electron chi connectivity index (χ4n) is 4.67. The van der Waals surface area contributed by atoms with Crippen LogP contribution in [0.2, 0.25) is 0 Å². The second-order valence-corrected chi connectivity index (χ2v) is 8.77. The first-order valence-corrected chi connectivity index (χ1v) is 12.0. The maximum absolute atomic E-state index is 14.1. The van der Waals surface area contributed by atoms with Gasteiger partial charge in [-0.25, -0.2) is 14.4 Å². The molecule has 12 heteroatoms. The maximum Gasteiger partial charge on any atom is 0.416 e. The van der Waals surface area contributed by atoms with Crippen LogP contribution in [0.15, 0.2) is 42.7 Å². The summed E-state index contributed by atoms with van der Waals surface area (Å²) < 4.78 is 60.5. The normalized spacial score (nSPS) is 12.5. The molecule has 0 saturated heterocycles. The Morgan fingerprint density at radius 2 is 1.95 bits per heavy atom. The Balaban J connectivity index is 0.00000112. The van der Waals surface area contributed by atoms with Gasteiger partial charge in [0.05, 0.1) is 30.3 Å². The van der Waals surface area contributed by atoms with Crippen LogP contribution in [0, 0.1) is 11.2 Å². The molecule has 0 radical (unpaired) electrons. The van der Waals surface area contributed by atoms with Crippen LogP contribution in [0.4, 0.5) is 29.1 Å². The van der Waals surface area contributed by atoms with Crippen LogP contribution in [0.5, 0.6) is 5.75 Å². The molecule has 4 aromatic rings. The number of carbonyl (C=O) groups excluding carboxylic acids is 1. The van der Waals surface area contributed by atoms with Crippen molar-refractivity contribution in [3.05, 3.63) is 70.9 Å². The van der Waals surface area contributed by atoms with Crippen LogP contribution in [0.1, 0.15) is 35.7 Å². The summed E-state index contributed by atoms with van der Waals surface area (Å²) in [4.78, 5) is 21.2. The number of rotatable bonds is 5. The Hall–Kier alpha value is -4.48. The SMILES string of the molecule is CC=N.COc1cc(-n2c3c(c4ncnc(N)c42)CCC3)ccc1CC(=O)Nc1cc(C(F)(F)F)ccc1F. The molecule has 0 spiro atoms. The lowest BCUT2D eigenvalue weighted by Gasteiger charge is -2.15. The van der Waals surface area contributed by atoms with Crippen molar-refractivity contribution in [2.75, 3.05) is 18.2 Å². The van der Waals surface area contributed by atoms with Gasteiger partial charge in [-0.2, -0.15) is 13.2 Å². The molecule has 0 atom stereocenters. The molecule has 8 nitrogen and oxygen atoms in total. The zero-order valence-corrected chi connectivity index (χ0v) is 21.2. The number of methoxy groups -OCH3 is 1. The Morgan fingerprint density at radius 1 is 1.21 bits per heavy atom. The maximum atomic E-state index is 14.1. The molecular weight excluding hydrogens is 516 g/mol. The van der Waals surface area contributed by atoms with E-state index in [0.717, 1.165) is 41.7 Å². The summed E-state index contributed by atoms with van der Waals surface area (Å²) in [6, 6.07) is 7.08. The van der Waals surface area contributed by atoms with Gasteiger partial charge in [0.25, 0.3) is 0 Å². The fourth-order valence-corrected chi connectivity index (χ4v) is 4.67. The number of fused-ring (bicyclic) bond motifs is 3. The summed E-state index contributed by atoms with van der Waals surface area (Å²) in [5.41, 5.74) is 9.53. The first-order valence-electron chi connectivity index (χ1n) is 12.0. The highest BCUT2D eigenvalue weighted by atomic mass is 19.4. The minimum absolute atomic E-state index is 0.241. The molecule has 0 aliphatic heterocycles. The lowest BCUT2D eigenvalue weighted by Crippen LogP contribution is -2.17. The van der Waals surface area contributed by atoms with Gasteiger partial charge in [0.2, 0.25) is 5.91 Å². The Labute approximate surface area is 221 Å². The van der Waals surface area contributed by atoms with Gasteiger partial charge in [0, 0.05) is 23.0 Å². The number of nitrogens with two attached hydrogens (primary N) is 1. The number of nitrogens with one attached hydrogen (secondary N) is 2. The van der Waals surface area contributed by atoms with E-state index in [1.165, 1.54) is 19.7 Å². The number of halogens is 4. The topological polar surface area (TPSA) is 119 Å². The van der Waals surface area contributed by atoms with Crippen LogP contribution in [-0.4, -0.2) is 33.8 Å². The predicted molar refractivity (Wildman–Crippen MR) is 140 cm³/mol. The summed E-state index contributed by atoms with van der Waals surface area (Å²) in [5, 5.41) is 8.31. The third kappa shape index (κ3) is 5.54. The highest BCUT2D eigenvalue weighted by Gasteiger charge is 2.31. The highest BCUT2D eigenvalue weighted by molar-refractivity contribution is 5.93. The molecule has 0 fully saturated rings. The fraction of sp³-hybridized carbons (Fsp3) is 0.259. The van der Waals surface area contributed by atoms with Gasteiger partial charge < -0.3 is 25.8 Å². The number of nitrogen functional groups attached to an aromatic ring is 1. The van der Waals surface area contributed by atoms with Crippen molar-refractivity contribution < 1.29 is 27.1 Å². The number of alkyl halides is 3. The Bertz CT molecular complexity index is 1550. The van der Waals surface area contributed by atoms with Crippen molar-refractivity contribution >= 4 is 34.7 Å². The van der Waals surface area contributed by atoms with Crippen LogP contribution in [0.25, 0.3) is 16.7 Å². The average Bonchev–Trinajstić information content (AvgIpc) is 3.47. The first kappa shape index (κ1) is 27.6. The van der Waals surface area contributed by atoms with Crippen molar-refractivity contribution in [2.24, 2.45) is 0 Å². The van der Waals surface area contributed by atoms with Gasteiger partial charge in [-0.05, 0) is 62.2 Å². The molecule has 1 aliphatic carbocycles. The number of aryl methyl sites for hydroxylation is 1. The van der Waals surface area contributed by atoms with E-state index in [4.69, 9.17) is 15.9 Å². The van der Waals surface area contributed by atoms with Gasteiger partial charge in [-0.15, -0.1) is 0 Å². The van der Waals surface area contributed by atoms with E-state index < -0.39 is 29.2 Å². The number of ether oxygens (including phenoxy) is 1. The summed E-state index contributed by atoms with van der Waals surface area (Å²) in [6.07, 6.45) is 0.511. The van der Waals surface area contributed by atoms with E-state index in [-0.39, 0.29) is 6.42 Å². The zero-order chi connectivity index (χ0) is 28.3. The van der Waals surface area contributed by atoms with Crippen molar-refractivity contribution in [1.29, 1.82) is 5.41 Å². The predicted octanol–water partition coefficient (Wildman–Crippen LogP) is 5.49.